The van der Waals surface area contributed by atoms with Crippen LogP contribution < -0.4 is 34.3 Å². The minimum Gasteiger partial charge on any atom is -0.726 e. The molecule has 1 rings (SSSR count). The van der Waals surface area contributed by atoms with Gasteiger partial charge in [-0.1, -0.05) is 64.5 Å². The minimum atomic E-state index is -4.66. The van der Waals surface area contributed by atoms with Gasteiger partial charge in [-0.2, -0.15) is 0 Å². The van der Waals surface area contributed by atoms with E-state index in [9.17, 15) is 13.0 Å². The molecule has 0 aromatic heterocycles. The van der Waals surface area contributed by atoms with Gasteiger partial charge in [0.25, 0.3) is 0 Å². The average molecular weight is 409 g/mol. The van der Waals surface area contributed by atoms with Crippen LogP contribution in [0.5, 0.6) is 5.75 Å². The van der Waals surface area contributed by atoms with Crippen LogP contribution in [0.1, 0.15) is 76.3 Å². The van der Waals surface area contributed by atoms with Gasteiger partial charge in [0.2, 0.25) is 10.4 Å². The molecule has 0 amide bonds. The summed E-state index contributed by atoms with van der Waals surface area (Å²) >= 11 is 0. The van der Waals surface area contributed by atoms with Crippen LogP contribution in [0.4, 0.5) is 0 Å². The number of hydrogen-bond donors (Lipinski definition) is 0. The van der Waals surface area contributed by atoms with Crippen LogP contribution in [0.2, 0.25) is 0 Å². The Labute approximate surface area is 187 Å². The zero-order valence-electron chi connectivity index (χ0n) is 17.2. The van der Waals surface area contributed by atoms with E-state index >= 15 is 0 Å². The Hall–Kier alpha value is -0.110. The monoisotopic (exact) mass is 408 g/mol. The minimum absolute atomic E-state index is 0. The molecule has 0 fully saturated rings. The Bertz CT molecular complexity index is 604. The maximum atomic E-state index is 10.5. The average Bonchev–Trinajstić information content (AvgIpc) is 2.60. The molecule has 5 nitrogen and oxygen atoms in total. The van der Waals surface area contributed by atoms with Crippen LogP contribution in [-0.2, 0) is 27.4 Å². The van der Waals surface area contributed by atoms with Crippen molar-refractivity contribution in [2.75, 3.05) is 13.2 Å². The summed E-state index contributed by atoms with van der Waals surface area (Å²) in [6.07, 6.45) is 11.7. The number of hydrogen-bond acceptors (Lipinski definition) is 5. The summed E-state index contributed by atoms with van der Waals surface area (Å²) in [5.74, 6) is 0.755. The largest absolute Gasteiger partial charge is 1.00 e. The van der Waals surface area contributed by atoms with Crippen molar-refractivity contribution in [2.24, 2.45) is 0 Å². The van der Waals surface area contributed by atoms with E-state index in [1.807, 2.05) is 6.07 Å². The molecule has 0 N–H and O–H groups in total. The molecule has 0 heterocycles. The van der Waals surface area contributed by atoms with Gasteiger partial charge in [-0.15, -0.1) is 0 Å². The van der Waals surface area contributed by atoms with Crippen LogP contribution in [0.15, 0.2) is 18.2 Å². The summed E-state index contributed by atoms with van der Waals surface area (Å²) in [5, 5.41) is 0. The Morgan fingerprint density at radius 1 is 0.889 bits per heavy atom. The van der Waals surface area contributed by atoms with Gasteiger partial charge in [-0.05, 0) is 42.9 Å². The van der Waals surface area contributed by atoms with E-state index in [1.165, 1.54) is 50.5 Å². The van der Waals surface area contributed by atoms with Gasteiger partial charge < -0.3 is 9.29 Å². The zero-order valence-corrected chi connectivity index (χ0v) is 20.0. The van der Waals surface area contributed by atoms with Gasteiger partial charge in [-0.3, -0.25) is 4.18 Å². The van der Waals surface area contributed by atoms with Crippen molar-refractivity contribution in [2.45, 2.75) is 78.1 Å². The van der Waals surface area contributed by atoms with Crippen molar-refractivity contribution in [1.82, 2.24) is 0 Å². The van der Waals surface area contributed by atoms with Gasteiger partial charge in [0, 0.05) is 0 Å². The van der Waals surface area contributed by atoms with Gasteiger partial charge >= 0.3 is 29.6 Å². The summed E-state index contributed by atoms with van der Waals surface area (Å²) in [5.41, 5.74) is 2.47. The summed E-state index contributed by atoms with van der Waals surface area (Å²) in [7, 11) is -4.66. The van der Waals surface area contributed by atoms with Crippen LogP contribution in [0, 0.1) is 0 Å². The molecule has 0 aliphatic rings. The third-order valence-corrected chi connectivity index (χ3v) is 4.77. The van der Waals surface area contributed by atoms with Crippen molar-refractivity contribution < 1.29 is 51.4 Å². The Morgan fingerprint density at radius 3 is 2.11 bits per heavy atom. The van der Waals surface area contributed by atoms with Crippen LogP contribution in [-0.4, -0.2) is 26.2 Å². The topological polar surface area (TPSA) is 75.7 Å². The normalized spacial score (nSPS) is 11.2. The van der Waals surface area contributed by atoms with Crippen LogP contribution in [0.3, 0.4) is 0 Å². The second-order valence-electron chi connectivity index (χ2n) is 6.64. The third kappa shape index (κ3) is 13.7. The Kier molecular flexibility index (Phi) is 15.7. The van der Waals surface area contributed by atoms with E-state index in [0.29, 0.717) is 0 Å². The van der Waals surface area contributed by atoms with E-state index in [2.05, 4.69) is 30.2 Å². The van der Waals surface area contributed by atoms with E-state index in [4.69, 9.17) is 4.74 Å². The van der Waals surface area contributed by atoms with Crippen molar-refractivity contribution in [3.8, 4) is 5.75 Å². The number of rotatable bonds is 15. The molecule has 0 spiro atoms. The quantitative estimate of drug-likeness (QED) is 0.191. The fourth-order valence-corrected chi connectivity index (χ4v) is 3.18. The zero-order chi connectivity index (χ0) is 19.3. The second-order valence-corrected chi connectivity index (χ2v) is 7.69. The number of unbranched alkanes of at least 4 members (excludes halogenated alkanes) is 6. The first-order valence-electron chi connectivity index (χ1n) is 9.81. The summed E-state index contributed by atoms with van der Waals surface area (Å²) in [4.78, 5) is 0. The smallest absolute Gasteiger partial charge is 0.726 e. The standard InChI is InChI=1S/C20H34O5S.Na/c1-3-5-7-9-11-18-13-14-20(24-15-16-25-26(21,22)23)19(17-18)12-10-8-6-4-2;/h13-14,17H,3-12,15-16H2,1-2H3,(H,21,22,23);/q;+1/p-1. The van der Waals surface area contributed by atoms with E-state index < -0.39 is 10.4 Å². The molecule has 1 aromatic rings. The molecule has 7 heteroatoms. The predicted molar refractivity (Wildman–Crippen MR) is 103 cm³/mol. The molecule has 0 saturated heterocycles. The number of aryl methyl sites for hydroxylation is 2. The molecular weight excluding hydrogens is 375 g/mol. The first kappa shape index (κ1) is 26.9. The number of ether oxygens (including phenoxy) is 1. The van der Waals surface area contributed by atoms with Crippen LogP contribution >= 0.6 is 0 Å². The van der Waals surface area contributed by atoms with Crippen molar-refractivity contribution in [3.63, 3.8) is 0 Å². The molecule has 0 bridgehead atoms. The van der Waals surface area contributed by atoms with E-state index in [-0.39, 0.29) is 42.8 Å². The maximum Gasteiger partial charge on any atom is 1.00 e. The number of benzene rings is 1. The Morgan fingerprint density at radius 2 is 1.52 bits per heavy atom. The van der Waals surface area contributed by atoms with Gasteiger partial charge in [0.1, 0.15) is 12.4 Å². The summed E-state index contributed by atoms with van der Waals surface area (Å²) in [6.45, 7) is 4.18. The predicted octanol–water partition coefficient (Wildman–Crippen LogP) is 1.79. The van der Waals surface area contributed by atoms with E-state index in [0.717, 1.165) is 30.6 Å². The molecule has 0 aliphatic heterocycles. The van der Waals surface area contributed by atoms with Gasteiger partial charge in [0.15, 0.2) is 0 Å². The van der Waals surface area contributed by atoms with Crippen molar-refractivity contribution in [1.29, 1.82) is 0 Å². The van der Waals surface area contributed by atoms with Gasteiger partial charge in [-0.25, -0.2) is 8.42 Å². The molecule has 150 valence electrons. The van der Waals surface area contributed by atoms with Crippen LogP contribution in [0.25, 0.3) is 0 Å². The molecule has 0 atom stereocenters. The first-order chi connectivity index (χ1) is 12.5. The maximum absolute atomic E-state index is 10.5. The fraction of sp³-hybridized carbons (Fsp3) is 0.700. The van der Waals surface area contributed by atoms with Crippen molar-refractivity contribution in [3.05, 3.63) is 29.3 Å². The first-order valence-corrected chi connectivity index (χ1v) is 11.1. The third-order valence-electron chi connectivity index (χ3n) is 4.31. The molecule has 0 aliphatic carbocycles. The van der Waals surface area contributed by atoms with Crippen molar-refractivity contribution >= 4 is 10.4 Å². The molecule has 0 radical (unpaired) electrons. The summed E-state index contributed by atoms with van der Waals surface area (Å²) < 4.78 is 41.3. The SMILES string of the molecule is CCCCCCc1ccc(OCCOS(=O)(=O)[O-])c(CCCCCC)c1.[Na+]. The Balaban J connectivity index is 0.00000676. The molecular formula is C20H33NaO5S. The molecule has 1 aromatic carbocycles. The molecule has 0 unspecified atom stereocenters. The molecule has 0 saturated carbocycles. The second kappa shape index (κ2) is 15.8. The summed E-state index contributed by atoms with van der Waals surface area (Å²) in [6, 6.07) is 6.23. The molecule has 27 heavy (non-hydrogen) atoms. The van der Waals surface area contributed by atoms with Gasteiger partial charge in [0.05, 0.1) is 6.61 Å². The fourth-order valence-electron chi connectivity index (χ4n) is 2.91. The van der Waals surface area contributed by atoms with E-state index in [1.54, 1.807) is 0 Å².